The lowest BCUT2D eigenvalue weighted by Crippen LogP contribution is -1.99. The molecular formula is C14H9ClF2N2O. The predicted octanol–water partition coefficient (Wildman–Crippen LogP) is 3.46. The Hall–Kier alpha value is -2.14. The molecule has 0 aliphatic carbocycles. The summed E-state index contributed by atoms with van der Waals surface area (Å²) in [6.45, 7) is 0. The molecule has 0 aliphatic heterocycles. The minimum atomic E-state index is -0.963. The van der Waals surface area contributed by atoms with Gasteiger partial charge < -0.3 is 9.97 Å². The first-order valence-corrected chi connectivity index (χ1v) is 6.30. The summed E-state index contributed by atoms with van der Waals surface area (Å²) in [5.74, 6) is -1.90. The SMILES string of the molecule is O=c1[nH]c2ccc(C(Cl)c3cccc(F)c3F)cc2[nH]1. The number of hydrogen-bond donors (Lipinski definition) is 2. The van der Waals surface area contributed by atoms with Gasteiger partial charge in [-0.05, 0) is 23.8 Å². The molecule has 0 spiro atoms. The highest BCUT2D eigenvalue weighted by atomic mass is 35.5. The summed E-state index contributed by atoms with van der Waals surface area (Å²) < 4.78 is 27.0. The molecule has 2 aromatic carbocycles. The Bertz CT molecular complexity index is 841. The quantitative estimate of drug-likeness (QED) is 0.699. The van der Waals surface area contributed by atoms with Gasteiger partial charge in [-0.15, -0.1) is 11.6 Å². The number of nitrogens with one attached hydrogen (secondary N) is 2. The number of imidazole rings is 1. The molecule has 6 heteroatoms. The van der Waals surface area contributed by atoms with Crippen molar-refractivity contribution in [3.8, 4) is 0 Å². The van der Waals surface area contributed by atoms with Gasteiger partial charge in [0.2, 0.25) is 0 Å². The van der Waals surface area contributed by atoms with Gasteiger partial charge in [-0.3, -0.25) is 0 Å². The molecule has 0 bridgehead atoms. The maximum absolute atomic E-state index is 13.7. The van der Waals surface area contributed by atoms with E-state index in [1.165, 1.54) is 12.1 Å². The number of H-pyrrole nitrogens is 2. The Balaban J connectivity index is 2.09. The van der Waals surface area contributed by atoms with Crippen LogP contribution >= 0.6 is 11.6 Å². The lowest BCUT2D eigenvalue weighted by molar-refractivity contribution is 0.500. The number of aromatic amines is 2. The van der Waals surface area contributed by atoms with Crippen LogP contribution in [0, 0.1) is 11.6 Å². The molecule has 0 fully saturated rings. The highest BCUT2D eigenvalue weighted by Gasteiger charge is 2.18. The minimum Gasteiger partial charge on any atom is -0.306 e. The summed E-state index contributed by atoms with van der Waals surface area (Å²) in [5, 5.41) is -0.839. The zero-order valence-electron chi connectivity index (χ0n) is 10.1. The number of hydrogen-bond acceptors (Lipinski definition) is 1. The molecule has 1 unspecified atom stereocenters. The summed E-state index contributed by atoms with van der Waals surface area (Å²) in [6, 6.07) is 8.83. The second-order valence-electron chi connectivity index (χ2n) is 4.39. The lowest BCUT2D eigenvalue weighted by Gasteiger charge is -2.11. The number of fused-ring (bicyclic) bond motifs is 1. The van der Waals surface area contributed by atoms with Gasteiger partial charge in [0, 0.05) is 5.56 Å². The molecule has 2 N–H and O–H groups in total. The van der Waals surface area contributed by atoms with Crippen molar-refractivity contribution in [1.82, 2.24) is 9.97 Å². The summed E-state index contributed by atoms with van der Waals surface area (Å²) in [4.78, 5) is 16.4. The topological polar surface area (TPSA) is 48.6 Å². The summed E-state index contributed by atoms with van der Waals surface area (Å²) in [5.41, 5.74) is 1.49. The average Bonchev–Trinajstić information content (AvgIpc) is 2.80. The highest BCUT2D eigenvalue weighted by Crippen LogP contribution is 2.32. The molecule has 1 aromatic heterocycles. The maximum atomic E-state index is 13.7. The number of aromatic nitrogens is 2. The Morgan fingerprint density at radius 2 is 1.80 bits per heavy atom. The van der Waals surface area contributed by atoms with Crippen molar-refractivity contribution in [1.29, 1.82) is 0 Å². The fraction of sp³-hybridized carbons (Fsp3) is 0.0714. The third-order valence-corrected chi connectivity index (χ3v) is 3.57. The molecule has 20 heavy (non-hydrogen) atoms. The largest absolute Gasteiger partial charge is 0.323 e. The van der Waals surface area contributed by atoms with Crippen LogP contribution in [-0.2, 0) is 0 Å². The van der Waals surface area contributed by atoms with Gasteiger partial charge in [-0.2, -0.15) is 0 Å². The molecule has 3 aromatic rings. The van der Waals surface area contributed by atoms with E-state index in [0.717, 1.165) is 6.07 Å². The van der Waals surface area contributed by atoms with Crippen molar-refractivity contribution in [2.24, 2.45) is 0 Å². The Morgan fingerprint density at radius 3 is 2.60 bits per heavy atom. The van der Waals surface area contributed by atoms with Crippen molar-refractivity contribution in [3.05, 3.63) is 69.6 Å². The van der Waals surface area contributed by atoms with Crippen molar-refractivity contribution in [2.75, 3.05) is 0 Å². The standard InChI is InChI=1S/C14H9ClF2N2O/c15-12(8-2-1-3-9(16)13(8)17)7-4-5-10-11(6-7)19-14(20)18-10/h1-6,12H,(H2,18,19,20). The second kappa shape index (κ2) is 4.76. The van der Waals surface area contributed by atoms with Crippen LogP contribution in [0.1, 0.15) is 16.5 Å². The van der Waals surface area contributed by atoms with E-state index in [0.29, 0.717) is 16.6 Å². The van der Waals surface area contributed by atoms with Crippen molar-refractivity contribution < 1.29 is 8.78 Å². The third kappa shape index (κ3) is 2.10. The molecule has 3 rings (SSSR count). The van der Waals surface area contributed by atoms with Gasteiger partial charge in [0.15, 0.2) is 11.6 Å². The van der Waals surface area contributed by atoms with Crippen LogP contribution in [0.3, 0.4) is 0 Å². The number of alkyl halides is 1. The zero-order chi connectivity index (χ0) is 14.3. The van der Waals surface area contributed by atoms with E-state index in [-0.39, 0.29) is 11.3 Å². The number of benzene rings is 2. The molecule has 1 atom stereocenters. The molecule has 3 nitrogen and oxygen atoms in total. The fourth-order valence-electron chi connectivity index (χ4n) is 2.10. The van der Waals surface area contributed by atoms with E-state index in [4.69, 9.17) is 11.6 Å². The maximum Gasteiger partial charge on any atom is 0.323 e. The first kappa shape index (κ1) is 12.9. The average molecular weight is 295 g/mol. The summed E-state index contributed by atoms with van der Waals surface area (Å²) in [7, 11) is 0. The van der Waals surface area contributed by atoms with E-state index in [1.807, 2.05) is 0 Å². The van der Waals surface area contributed by atoms with Gasteiger partial charge in [-0.25, -0.2) is 13.6 Å². The van der Waals surface area contributed by atoms with Gasteiger partial charge in [0.25, 0.3) is 0 Å². The normalized spacial score (nSPS) is 12.8. The Labute approximate surface area is 117 Å². The van der Waals surface area contributed by atoms with Crippen LogP contribution in [0.5, 0.6) is 0 Å². The molecule has 0 saturated carbocycles. The van der Waals surface area contributed by atoms with Crippen LogP contribution in [0.4, 0.5) is 8.78 Å². The van der Waals surface area contributed by atoms with Crippen LogP contribution < -0.4 is 5.69 Å². The summed E-state index contributed by atoms with van der Waals surface area (Å²) in [6.07, 6.45) is 0. The van der Waals surface area contributed by atoms with Crippen molar-refractivity contribution in [2.45, 2.75) is 5.38 Å². The molecular weight excluding hydrogens is 286 g/mol. The molecule has 0 radical (unpaired) electrons. The van der Waals surface area contributed by atoms with E-state index in [1.54, 1.807) is 18.2 Å². The first-order valence-electron chi connectivity index (χ1n) is 5.86. The Morgan fingerprint density at radius 1 is 1.05 bits per heavy atom. The predicted molar refractivity (Wildman–Crippen MR) is 73.0 cm³/mol. The highest BCUT2D eigenvalue weighted by molar-refractivity contribution is 6.22. The van der Waals surface area contributed by atoms with Crippen molar-refractivity contribution >= 4 is 22.6 Å². The van der Waals surface area contributed by atoms with Crippen LogP contribution in [0.15, 0.2) is 41.2 Å². The molecule has 102 valence electrons. The van der Waals surface area contributed by atoms with Crippen LogP contribution in [0.2, 0.25) is 0 Å². The Kier molecular flexibility index (Phi) is 3.06. The molecule has 0 saturated heterocycles. The van der Waals surface area contributed by atoms with Gasteiger partial charge >= 0.3 is 5.69 Å². The van der Waals surface area contributed by atoms with Crippen molar-refractivity contribution in [3.63, 3.8) is 0 Å². The van der Waals surface area contributed by atoms with Gasteiger partial charge in [-0.1, -0.05) is 18.2 Å². The number of halogens is 3. The molecule has 0 aliphatic rings. The van der Waals surface area contributed by atoms with Gasteiger partial charge in [0.1, 0.15) is 0 Å². The smallest absolute Gasteiger partial charge is 0.306 e. The number of rotatable bonds is 2. The van der Waals surface area contributed by atoms with E-state index in [9.17, 15) is 13.6 Å². The van der Waals surface area contributed by atoms with Crippen LogP contribution in [-0.4, -0.2) is 9.97 Å². The molecule has 0 amide bonds. The van der Waals surface area contributed by atoms with Crippen LogP contribution in [0.25, 0.3) is 11.0 Å². The van der Waals surface area contributed by atoms with Gasteiger partial charge in [0.05, 0.1) is 16.4 Å². The minimum absolute atomic E-state index is 0.0592. The monoisotopic (exact) mass is 294 g/mol. The van der Waals surface area contributed by atoms with E-state index >= 15 is 0 Å². The second-order valence-corrected chi connectivity index (χ2v) is 4.83. The van der Waals surface area contributed by atoms with E-state index < -0.39 is 17.0 Å². The summed E-state index contributed by atoms with van der Waals surface area (Å²) >= 11 is 6.21. The fourth-order valence-corrected chi connectivity index (χ4v) is 2.41. The van der Waals surface area contributed by atoms with E-state index in [2.05, 4.69) is 9.97 Å². The third-order valence-electron chi connectivity index (χ3n) is 3.09. The first-order chi connectivity index (χ1) is 9.56. The lowest BCUT2D eigenvalue weighted by atomic mass is 10.0. The molecule has 1 heterocycles. The zero-order valence-corrected chi connectivity index (χ0v) is 10.8.